The number of carbonyl (C=O) groups is 1. The molecule has 1 aliphatic rings. The van der Waals surface area contributed by atoms with Crippen LogP contribution in [0.3, 0.4) is 0 Å². The third-order valence-electron chi connectivity index (χ3n) is 3.63. The maximum absolute atomic E-state index is 12.3. The van der Waals surface area contributed by atoms with E-state index in [1.54, 1.807) is 6.20 Å². The predicted octanol–water partition coefficient (Wildman–Crippen LogP) is 2.39. The Morgan fingerprint density at radius 2 is 2.25 bits per heavy atom. The van der Waals surface area contributed by atoms with E-state index in [9.17, 15) is 4.79 Å². The molecule has 2 unspecified atom stereocenters. The topological polar surface area (TPSA) is 67.4 Å². The lowest BCUT2D eigenvalue weighted by molar-refractivity contribution is 0.207. The minimum absolute atomic E-state index is 0.112. The molecule has 1 aliphatic heterocycles. The number of nitrogens with one attached hydrogen (secondary N) is 1. The third kappa shape index (κ3) is 3.59. The van der Waals surface area contributed by atoms with Crippen molar-refractivity contribution in [3.05, 3.63) is 12.5 Å². The summed E-state index contributed by atoms with van der Waals surface area (Å²) in [4.78, 5) is 22.1. The van der Waals surface area contributed by atoms with Gasteiger partial charge in [0.1, 0.15) is 12.0 Å². The van der Waals surface area contributed by atoms with Crippen molar-refractivity contribution in [3.8, 4) is 5.88 Å². The van der Waals surface area contributed by atoms with E-state index in [1.807, 2.05) is 4.90 Å². The molecular weight excluding hydrogens is 256 g/mol. The van der Waals surface area contributed by atoms with E-state index in [1.165, 1.54) is 19.9 Å². The van der Waals surface area contributed by atoms with Crippen LogP contribution in [-0.4, -0.2) is 41.1 Å². The van der Waals surface area contributed by atoms with Gasteiger partial charge in [0.05, 0.1) is 13.3 Å². The Morgan fingerprint density at radius 3 is 3.00 bits per heavy atom. The highest BCUT2D eigenvalue weighted by molar-refractivity contribution is 5.90. The van der Waals surface area contributed by atoms with Gasteiger partial charge in [0, 0.05) is 13.1 Å². The summed E-state index contributed by atoms with van der Waals surface area (Å²) in [5.74, 6) is 1.56. The number of likely N-dealkylation sites (tertiary alicyclic amines) is 1. The number of urea groups is 1. The van der Waals surface area contributed by atoms with Crippen molar-refractivity contribution < 1.29 is 9.53 Å². The lowest BCUT2D eigenvalue weighted by Gasteiger charge is -2.23. The number of amides is 2. The highest BCUT2D eigenvalue weighted by Crippen LogP contribution is 2.23. The molecule has 2 heterocycles. The predicted molar refractivity (Wildman–Crippen MR) is 76.7 cm³/mol. The van der Waals surface area contributed by atoms with E-state index in [4.69, 9.17) is 4.74 Å². The lowest BCUT2D eigenvalue weighted by atomic mass is 9.97. The molecule has 6 heteroatoms. The largest absolute Gasteiger partial charge is 0.479 e. The second-order valence-electron chi connectivity index (χ2n) is 5.56. The normalized spacial score (nSPS) is 23.1. The standard InChI is InChI=1S/C14H22N4O2/c1-10-4-5-18(8-11(2)6-10)14(19)17-12-7-15-9-16-13(12)20-3/h7,9-11H,4-6,8H2,1-3H3,(H,17,19). The van der Waals surface area contributed by atoms with E-state index in [-0.39, 0.29) is 6.03 Å². The quantitative estimate of drug-likeness (QED) is 0.902. The van der Waals surface area contributed by atoms with Crippen molar-refractivity contribution in [1.82, 2.24) is 14.9 Å². The van der Waals surface area contributed by atoms with Gasteiger partial charge in [-0.3, -0.25) is 0 Å². The minimum atomic E-state index is -0.112. The number of carbonyl (C=O) groups excluding carboxylic acids is 1. The van der Waals surface area contributed by atoms with E-state index in [0.29, 0.717) is 23.4 Å². The molecule has 2 rings (SSSR count). The van der Waals surface area contributed by atoms with Crippen LogP contribution < -0.4 is 10.1 Å². The Hall–Kier alpha value is -1.85. The van der Waals surface area contributed by atoms with Crippen LogP contribution in [0.2, 0.25) is 0 Å². The first-order valence-electron chi connectivity index (χ1n) is 7.00. The maximum atomic E-state index is 12.3. The highest BCUT2D eigenvalue weighted by atomic mass is 16.5. The van der Waals surface area contributed by atoms with Gasteiger partial charge >= 0.3 is 6.03 Å². The molecule has 6 nitrogen and oxygen atoms in total. The lowest BCUT2D eigenvalue weighted by Crippen LogP contribution is -2.37. The van der Waals surface area contributed by atoms with Crippen molar-refractivity contribution in [2.45, 2.75) is 26.7 Å². The van der Waals surface area contributed by atoms with Gasteiger partial charge in [-0.2, -0.15) is 4.98 Å². The molecular formula is C14H22N4O2. The Labute approximate surface area is 119 Å². The molecule has 0 aromatic carbocycles. The molecule has 1 saturated heterocycles. The van der Waals surface area contributed by atoms with Crippen molar-refractivity contribution in [2.24, 2.45) is 11.8 Å². The first-order valence-corrected chi connectivity index (χ1v) is 7.00. The van der Waals surface area contributed by atoms with Gasteiger partial charge in [-0.05, 0) is 24.7 Å². The number of aromatic nitrogens is 2. The molecule has 2 amide bonds. The summed E-state index contributed by atoms with van der Waals surface area (Å²) in [5, 5.41) is 2.83. The molecule has 1 N–H and O–H groups in total. The third-order valence-corrected chi connectivity index (χ3v) is 3.63. The van der Waals surface area contributed by atoms with Crippen LogP contribution in [-0.2, 0) is 0 Å². The Bertz CT molecular complexity index is 466. The monoisotopic (exact) mass is 278 g/mol. The summed E-state index contributed by atoms with van der Waals surface area (Å²) in [6, 6.07) is -0.112. The molecule has 0 spiro atoms. The number of anilines is 1. The maximum Gasteiger partial charge on any atom is 0.322 e. The van der Waals surface area contributed by atoms with Crippen molar-refractivity contribution in [3.63, 3.8) is 0 Å². The number of ether oxygens (including phenoxy) is 1. The van der Waals surface area contributed by atoms with E-state index < -0.39 is 0 Å². The molecule has 0 saturated carbocycles. The van der Waals surface area contributed by atoms with Gasteiger partial charge in [0.2, 0.25) is 5.88 Å². The number of hydrogen-bond donors (Lipinski definition) is 1. The number of rotatable bonds is 2. The van der Waals surface area contributed by atoms with E-state index in [2.05, 4.69) is 29.1 Å². The Kier molecular flexibility index (Phi) is 4.76. The first kappa shape index (κ1) is 14.6. The molecule has 1 aromatic heterocycles. The van der Waals surface area contributed by atoms with Gasteiger partial charge in [0.15, 0.2) is 0 Å². The van der Waals surface area contributed by atoms with Crippen LogP contribution >= 0.6 is 0 Å². The smallest absolute Gasteiger partial charge is 0.322 e. The summed E-state index contributed by atoms with van der Waals surface area (Å²) < 4.78 is 5.11. The molecule has 110 valence electrons. The number of hydrogen-bond acceptors (Lipinski definition) is 4. The van der Waals surface area contributed by atoms with Crippen LogP contribution in [0.1, 0.15) is 26.7 Å². The number of nitrogens with zero attached hydrogens (tertiary/aromatic N) is 3. The van der Waals surface area contributed by atoms with Crippen molar-refractivity contribution in [1.29, 1.82) is 0 Å². The Morgan fingerprint density at radius 1 is 1.45 bits per heavy atom. The van der Waals surface area contributed by atoms with Crippen LogP contribution in [0.25, 0.3) is 0 Å². The second kappa shape index (κ2) is 6.54. The summed E-state index contributed by atoms with van der Waals surface area (Å²) in [6.07, 6.45) is 5.15. The zero-order valence-corrected chi connectivity index (χ0v) is 12.3. The van der Waals surface area contributed by atoms with E-state index in [0.717, 1.165) is 19.5 Å². The molecule has 2 atom stereocenters. The van der Waals surface area contributed by atoms with Gasteiger partial charge < -0.3 is 15.0 Å². The van der Waals surface area contributed by atoms with E-state index >= 15 is 0 Å². The molecule has 0 aliphatic carbocycles. The minimum Gasteiger partial charge on any atom is -0.479 e. The van der Waals surface area contributed by atoms with Crippen LogP contribution in [0.5, 0.6) is 5.88 Å². The molecule has 1 fully saturated rings. The fourth-order valence-corrected chi connectivity index (χ4v) is 2.67. The van der Waals surface area contributed by atoms with Crippen molar-refractivity contribution >= 4 is 11.7 Å². The molecule has 0 bridgehead atoms. The fourth-order valence-electron chi connectivity index (χ4n) is 2.67. The van der Waals surface area contributed by atoms with Crippen LogP contribution in [0.4, 0.5) is 10.5 Å². The number of methoxy groups -OCH3 is 1. The second-order valence-corrected chi connectivity index (χ2v) is 5.56. The fraction of sp³-hybridized carbons (Fsp3) is 0.643. The Balaban J connectivity index is 2.04. The summed E-state index contributed by atoms with van der Waals surface area (Å²) in [7, 11) is 1.52. The molecule has 0 radical (unpaired) electrons. The zero-order chi connectivity index (χ0) is 14.5. The average Bonchev–Trinajstić information content (AvgIpc) is 2.60. The van der Waals surface area contributed by atoms with Crippen LogP contribution in [0.15, 0.2) is 12.5 Å². The first-order chi connectivity index (χ1) is 9.60. The summed E-state index contributed by atoms with van der Waals surface area (Å²) >= 11 is 0. The molecule has 1 aromatic rings. The SMILES string of the molecule is COc1ncncc1NC(=O)N1CCC(C)CC(C)C1. The average molecular weight is 278 g/mol. The summed E-state index contributed by atoms with van der Waals surface area (Å²) in [5.41, 5.74) is 0.505. The van der Waals surface area contributed by atoms with Gasteiger partial charge in [-0.1, -0.05) is 13.8 Å². The van der Waals surface area contributed by atoms with Crippen LogP contribution in [0, 0.1) is 11.8 Å². The summed E-state index contributed by atoms with van der Waals surface area (Å²) in [6.45, 7) is 6.00. The zero-order valence-electron chi connectivity index (χ0n) is 12.3. The highest BCUT2D eigenvalue weighted by Gasteiger charge is 2.23. The molecule has 20 heavy (non-hydrogen) atoms. The van der Waals surface area contributed by atoms with Gasteiger partial charge in [-0.15, -0.1) is 0 Å². The van der Waals surface area contributed by atoms with Gasteiger partial charge in [-0.25, -0.2) is 9.78 Å². The van der Waals surface area contributed by atoms with Gasteiger partial charge in [0.25, 0.3) is 0 Å². The van der Waals surface area contributed by atoms with Crippen molar-refractivity contribution in [2.75, 3.05) is 25.5 Å².